The first-order chi connectivity index (χ1) is 14.2. The van der Waals surface area contributed by atoms with Gasteiger partial charge in [-0.15, -0.1) is 0 Å². The molecule has 1 aliphatic carbocycles. The van der Waals surface area contributed by atoms with Gasteiger partial charge in [-0.3, -0.25) is 4.98 Å². The Morgan fingerprint density at radius 2 is 1.69 bits per heavy atom. The second-order valence-electron chi connectivity index (χ2n) is 8.02. The summed E-state index contributed by atoms with van der Waals surface area (Å²) < 4.78 is 6.07. The average Bonchev–Trinajstić information content (AvgIpc) is 3.59. The Labute approximate surface area is 169 Å². The SMILES string of the molecule is O=C(O)N1CCC(Oc2ccc(-c3ccc4c(C5CC5)nccc4c3)cc2)CC1. The summed E-state index contributed by atoms with van der Waals surface area (Å²) in [5.74, 6) is 1.48. The third-order valence-corrected chi connectivity index (χ3v) is 5.96. The zero-order valence-corrected chi connectivity index (χ0v) is 16.3. The predicted molar refractivity (Wildman–Crippen MR) is 112 cm³/mol. The maximum atomic E-state index is 11.0. The quantitative estimate of drug-likeness (QED) is 0.659. The number of piperidine rings is 1. The molecule has 29 heavy (non-hydrogen) atoms. The maximum Gasteiger partial charge on any atom is 0.407 e. The lowest BCUT2D eigenvalue weighted by Gasteiger charge is -2.30. The van der Waals surface area contributed by atoms with Crippen molar-refractivity contribution in [3.63, 3.8) is 0 Å². The molecule has 1 saturated heterocycles. The standard InChI is InChI=1S/C24H24N2O3/c27-24(28)26-13-10-21(11-14-26)29-20-6-3-16(4-7-20)18-5-8-22-19(15-18)9-12-25-23(22)17-1-2-17/h3-9,12,15,17,21H,1-2,10-11,13-14H2,(H,27,28). The molecule has 5 rings (SSSR count). The van der Waals surface area contributed by atoms with Gasteiger partial charge in [-0.25, -0.2) is 4.79 Å². The topological polar surface area (TPSA) is 62.7 Å². The molecule has 0 spiro atoms. The molecule has 2 fully saturated rings. The number of carboxylic acid groups (broad SMARTS) is 1. The molecule has 1 aromatic heterocycles. The molecule has 5 heteroatoms. The number of fused-ring (bicyclic) bond motifs is 1. The molecule has 2 heterocycles. The molecule has 0 bridgehead atoms. The number of carbonyl (C=O) groups is 1. The van der Waals surface area contributed by atoms with Crippen LogP contribution < -0.4 is 4.74 Å². The van der Waals surface area contributed by atoms with E-state index in [1.807, 2.05) is 18.3 Å². The number of likely N-dealkylation sites (tertiary alicyclic amines) is 1. The minimum absolute atomic E-state index is 0.0745. The van der Waals surface area contributed by atoms with Crippen molar-refractivity contribution in [2.75, 3.05) is 13.1 Å². The van der Waals surface area contributed by atoms with Crippen molar-refractivity contribution in [3.8, 4) is 16.9 Å². The van der Waals surface area contributed by atoms with Crippen LogP contribution >= 0.6 is 0 Å². The highest BCUT2D eigenvalue weighted by Gasteiger charge is 2.26. The van der Waals surface area contributed by atoms with E-state index in [0.29, 0.717) is 19.0 Å². The largest absolute Gasteiger partial charge is 0.490 e. The number of amides is 1. The molecule has 1 aliphatic heterocycles. The second kappa shape index (κ2) is 7.39. The lowest BCUT2D eigenvalue weighted by molar-refractivity contribution is 0.0895. The zero-order chi connectivity index (χ0) is 19.8. The second-order valence-corrected chi connectivity index (χ2v) is 8.02. The summed E-state index contributed by atoms with van der Waals surface area (Å²) in [7, 11) is 0. The summed E-state index contributed by atoms with van der Waals surface area (Å²) in [6, 6.07) is 16.9. The van der Waals surface area contributed by atoms with Crippen molar-refractivity contribution >= 4 is 16.9 Å². The smallest absolute Gasteiger partial charge is 0.407 e. The van der Waals surface area contributed by atoms with Gasteiger partial charge in [0, 0.05) is 43.4 Å². The Morgan fingerprint density at radius 1 is 0.966 bits per heavy atom. The molecule has 0 radical (unpaired) electrons. The lowest BCUT2D eigenvalue weighted by atomic mass is 10.00. The average molecular weight is 388 g/mol. The molecule has 1 N–H and O–H groups in total. The number of nitrogens with zero attached hydrogens (tertiary/aromatic N) is 2. The highest BCUT2D eigenvalue weighted by Crippen LogP contribution is 2.42. The van der Waals surface area contributed by atoms with E-state index >= 15 is 0 Å². The van der Waals surface area contributed by atoms with Crippen LogP contribution in [0.5, 0.6) is 5.75 Å². The van der Waals surface area contributed by atoms with Crippen LogP contribution in [0.4, 0.5) is 4.79 Å². The van der Waals surface area contributed by atoms with Gasteiger partial charge in [-0.1, -0.05) is 24.3 Å². The Bertz CT molecular complexity index is 1040. The van der Waals surface area contributed by atoms with Gasteiger partial charge in [-0.05, 0) is 53.6 Å². The van der Waals surface area contributed by atoms with Crippen molar-refractivity contribution in [2.45, 2.75) is 37.7 Å². The van der Waals surface area contributed by atoms with E-state index in [2.05, 4.69) is 41.4 Å². The van der Waals surface area contributed by atoms with Gasteiger partial charge in [0.1, 0.15) is 11.9 Å². The van der Waals surface area contributed by atoms with Crippen LogP contribution in [0, 0.1) is 0 Å². The van der Waals surface area contributed by atoms with Crippen LogP contribution in [-0.4, -0.2) is 40.3 Å². The minimum Gasteiger partial charge on any atom is -0.490 e. The molecule has 2 aliphatic rings. The van der Waals surface area contributed by atoms with Gasteiger partial charge in [0.05, 0.1) is 5.69 Å². The fraction of sp³-hybridized carbons (Fsp3) is 0.333. The molecule has 3 aromatic rings. The van der Waals surface area contributed by atoms with E-state index in [4.69, 9.17) is 9.84 Å². The van der Waals surface area contributed by atoms with Crippen molar-refractivity contribution in [3.05, 3.63) is 60.4 Å². The van der Waals surface area contributed by atoms with Gasteiger partial charge in [-0.2, -0.15) is 0 Å². The molecule has 2 aromatic carbocycles. The highest BCUT2D eigenvalue weighted by molar-refractivity contribution is 5.89. The summed E-state index contributed by atoms with van der Waals surface area (Å²) in [6.45, 7) is 1.07. The number of hydrogen-bond donors (Lipinski definition) is 1. The number of aromatic nitrogens is 1. The highest BCUT2D eigenvalue weighted by atomic mass is 16.5. The van der Waals surface area contributed by atoms with Gasteiger partial charge in [0.25, 0.3) is 0 Å². The number of benzene rings is 2. The third-order valence-electron chi connectivity index (χ3n) is 5.96. The molecule has 5 nitrogen and oxygen atoms in total. The Balaban J connectivity index is 1.29. The Morgan fingerprint density at radius 3 is 2.38 bits per heavy atom. The molecule has 0 unspecified atom stereocenters. The summed E-state index contributed by atoms with van der Waals surface area (Å²) in [5, 5.41) is 11.6. The van der Waals surface area contributed by atoms with Crippen LogP contribution in [0.1, 0.15) is 37.3 Å². The van der Waals surface area contributed by atoms with Gasteiger partial charge >= 0.3 is 6.09 Å². The predicted octanol–water partition coefficient (Wildman–Crippen LogP) is 5.30. The molecular formula is C24H24N2O3. The fourth-order valence-corrected chi connectivity index (χ4v) is 4.15. The van der Waals surface area contributed by atoms with Gasteiger partial charge < -0.3 is 14.7 Å². The first kappa shape index (κ1) is 18.0. The lowest BCUT2D eigenvalue weighted by Crippen LogP contribution is -2.41. The monoisotopic (exact) mass is 388 g/mol. The first-order valence-electron chi connectivity index (χ1n) is 10.3. The molecule has 1 amide bonds. The maximum absolute atomic E-state index is 11.0. The van der Waals surface area contributed by atoms with E-state index in [1.165, 1.54) is 39.8 Å². The Hall–Kier alpha value is -3.08. The molecular weight excluding hydrogens is 364 g/mol. The van der Waals surface area contributed by atoms with Crippen LogP contribution in [0.2, 0.25) is 0 Å². The van der Waals surface area contributed by atoms with Crippen LogP contribution in [0.15, 0.2) is 54.7 Å². The van der Waals surface area contributed by atoms with Gasteiger partial charge in [0.15, 0.2) is 0 Å². The molecule has 0 atom stereocenters. The summed E-state index contributed by atoms with van der Waals surface area (Å²) in [6.07, 6.45) is 5.13. The van der Waals surface area contributed by atoms with E-state index in [1.54, 1.807) is 0 Å². The van der Waals surface area contributed by atoms with E-state index in [9.17, 15) is 4.79 Å². The Kier molecular flexibility index (Phi) is 4.58. The summed E-state index contributed by atoms with van der Waals surface area (Å²) >= 11 is 0. The van der Waals surface area contributed by atoms with Crippen LogP contribution in [0.25, 0.3) is 21.9 Å². The van der Waals surface area contributed by atoms with Crippen molar-refractivity contribution < 1.29 is 14.6 Å². The van der Waals surface area contributed by atoms with Crippen LogP contribution in [-0.2, 0) is 0 Å². The number of ether oxygens (including phenoxy) is 1. The first-order valence-corrected chi connectivity index (χ1v) is 10.3. The molecule has 1 saturated carbocycles. The number of rotatable bonds is 4. The zero-order valence-electron chi connectivity index (χ0n) is 16.3. The van der Waals surface area contributed by atoms with E-state index in [0.717, 1.165) is 24.2 Å². The van der Waals surface area contributed by atoms with E-state index in [-0.39, 0.29) is 6.10 Å². The van der Waals surface area contributed by atoms with Crippen LogP contribution in [0.3, 0.4) is 0 Å². The van der Waals surface area contributed by atoms with Crippen molar-refractivity contribution in [1.29, 1.82) is 0 Å². The van der Waals surface area contributed by atoms with Gasteiger partial charge in [0.2, 0.25) is 0 Å². The van der Waals surface area contributed by atoms with Crippen molar-refractivity contribution in [1.82, 2.24) is 9.88 Å². The van der Waals surface area contributed by atoms with Crippen molar-refractivity contribution in [2.24, 2.45) is 0 Å². The van der Waals surface area contributed by atoms with E-state index < -0.39 is 6.09 Å². The number of pyridine rings is 1. The summed E-state index contributed by atoms with van der Waals surface area (Å²) in [5.41, 5.74) is 3.59. The third kappa shape index (κ3) is 3.77. The molecule has 148 valence electrons. The fourth-order valence-electron chi connectivity index (χ4n) is 4.15. The normalized spacial score (nSPS) is 17.4. The number of hydrogen-bond acceptors (Lipinski definition) is 3. The minimum atomic E-state index is -0.844. The summed E-state index contributed by atoms with van der Waals surface area (Å²) in [4.78, 5) is 17.1.